The Morgan fingerprint density at radius 1 is 0.821 bits per heavy atom. The van der Waals surface area contributed by atoms with Crippen LogP contribution in [0.4, 0.5) is 17.6 Å². The zero-order chi connectivity index (χ0) is 19.8. The van der Waals surface area contributed by atoms with E-state index < -0.39 is 23.3 Å². The number of aryl methyl sites for hydroxylation is 1. The van der Waals surface area contributed by atoms with Gasteiger partial charge in [0, 0.05) is 5.56 Å². The third-order valence-corrected chi connectivity index (χ3v) is 6.29. The Hall–Kier alpha value is -2.10. The molecule has 2 aromatic carbocycles. The Kier molecular flexibility index (Phi) is 5.31. The summed E-state index contributed by atoms with van der Waals surface area (Å²) < 4.78 is 56.3. The van der Waals surface area contributed by atoms with Crippen LogP contribution in [0.5, 0.6) is 0 Å². The maximum absolute atomic E-state index is 14.7. The third kappa shape index (κ3) is 3.87. The normalized spacial score (nSPS) is 21.5. The van der Waals surface area contributed by atoms with E-state index in [0.717, 1.165) is 24.5 Å². The van der Waals surface area contributed by atoms with E-state index in [1.54, 1.807) is 6.08 Å². The van der Waals surface area contributed by atoms with E-state index in [0.29, 0.717) is 34.6 Å². The average Bonchev–Trinajstić information content (AvgIpc) is 3.03. The fraction of sp³-hybridized carbons (Fsp3) is 0.417. The number of fused-ring (bicyclic) bond motifs is 1. The van der Waals surface area contributed by atoms with Crippen LogP contribution in [-0.4, -0.2) is 0 Å². The predicted octanol–water partition coefficient (Wildman–Crippen LogP) is 7.10. The predicted molar refractivity (Wildman–Crippen MR) is 104 cm³/mol. The van der Waals surface area contributed by atoms with Crippen LogP contribution in [-0.2, 0) is 12.8 Å². The summed E-state index contributed by atoms with van der Waals surface area (Å²) in [6, 6.07) is 5.00. The molecule has 0 aromatic heterocycles. The number of benzene rings is 2. The standard InChI is InChI=1S/C24H24F4/c1-14-2-4-15(5-3-14)6-7-16-8-22(27)24(23(28)9-16)19-10-17-12-20(25)21(26)13-18(17)11-19/h8-10,12-15H,2-7,11H2,1H3. The second kappa shape index (κ2) is 7.73. The summed E-state index contributed by atoms with van der Waals surface area (Å²) in [5.74, 6) is -1.68. The maximum Gasteiger partial charge on any atom is 0.159 e. The van der Waals surface area contributed by atoms with Gasteiger partial charge in [0.25, 0.3) is 0 Å². The second-order valence-corrected chi connectivity index (χ2v) is 8.41. The van der Waals surface area contributed by atoms with Crippen molar-refractivity contribution < 1.29 is 17.6 Å². The molecule has 4 heteroatoms. The topological polar surface area (TPSA) is 0 Å². The Morgan fingerprint density at radius 3 is 2.14 bits per heavy atom. The van der Waals surface area contributed by atoms with Gasteiger partial charge in [0.2, 0.25) is 0 Å². The number of halogens is 4. The minimum Gasteiger partial charge on any atom is -0.206 e. The Balaban J connectivity index is 1.50. The largest absolute Gasteiger partial charge is 0.206 e. The minimum absolute atomic E-state index is 0.0905. The average molecular weight is 388 g/mol. The van der Waals surface area contributed by atoms with E-state index in [-0.39, 0.29) is 12.0 Å². The summed E-state index contributed by atoms with van der Waals surface area (Å²) in [4.78, 5) is 0. The van der Waals surface area contributed by atoms with Crippen LogP contribution in [0.3, 0.4) is 0 Å². The van der Waals surface area contributed by atoms with E-state index in [1.165, 1.54) is 37.8 Å². The quantitative estimate of drug-likeness (QED) is 0.490. The molecule has 1 saturated carbocycles. The lowest BCUT2D eigenvalue weighted by atomic mass is 9.80. The number of hydrogen-bond donors (Lipinski definition) is 0. The molecule has 0 amide bonds. The zero-order valence-corrected chi connectivity index (χ0v) is 16.0. The molecule has 0 nitrogen and oxygen atoms in total. The van der Waals surface area contributed by atoms with Gasteiger partial charge < -0.3 is 0 Å². The van der Waals surface area contributed by atoms with Crippen molar-refractivity contribution in [2.24, 2.45) is 11.8 Å². The number of allylic oxidation sites excluding steroid dienone is 1. The van der Waals surface area contributed by atoms with E-state index in [1.807, 2.05) is 0 Å². The molecule has 2 aromatic rings. The minimum atomic E-state index is -0.954. The molecule has 0 atom stereocenters. The molecule has 2 aliphatic carbocycles. The molecule has 2 aliphatic rings. The lowest BCUT2D eigenvalue weighted by Gasteiger charge is -2.26. The molecular weight excluding hydrogens is 364 g/mol. The van der Waals surface area contributed by atoms with Crippen LogP contribution in [0.1, 0.15) is 61.3 Å². The van der Waals surface area contributed by atoms with Gasteiger partial charge in [-0.05, 0) is 77.6 Å². The first-order chi connectivity index (χ1) is 13.4. The molecule has 0 bridgehead atoms. The summed E-state index contributed by atoms with van der Waals surface area (Å²) in [7, 11) is 0. The fourth-order valence-corrected chi connectivity index (χ4v) is 4.56. The van der Waals surface area contributed by atoms with Gasteiger partial charge in [-0.1, -0.05) is 38.7 Å². The zero-order valence-electron chi connectivity index (χ0n) is 16.0. The van der Waals surface area contributed by atoms with Crippen LogP contribution in [0, 0.1) is 35.1 Å². The van der Waals surface area contributed by atoms with Gasteiger partial charge in [0.05, 0.1) is 0 Å². The van der Waals surface area contributed by atoms with Crippen molar-refractivity contribution >= 4 is 11.6 Å². The molecule has 28 heavy (non-hydrogen) atoms. The summed E-state index contributed by atoms with van der Waals surface area (Å²) in [6.07, 6.45) is 8.23. The summed E-state index contributed by atoms with van der Waals surface area (Å²) in [6.45, 7) is 2.28. The highest BCUT2D eigenvalue weighted by Crippen LogP contribution is 2.36. The van der Waals surface area contributed by atoms with Crippen LogP contribution >= 0.6 is 0 Å². The van der Waals surface area contributed by atoms with Crippen molar-refractivity contribution in [1.29, 1.82) is 0 Å². The maximum atomic E-state index is 14.7. The first-order valence-electron chi connectivity index (χ1n) is 10.1. The molecule has 0 N–H and O–H groups in total. The third-order valence-electron chi connectivity index (χ3n) is 6.29. The van der Waals surface area contributed by atoms with Crippen LogP contribution in [0.2, 0.25) is 0 Å². The molecule has 0 heterocycles. The molecule has 0 saturated heterocycles. The fourth-order valence-electron chi connectivity index (χ4n) is 4.56. The summed E-state index contributed by atoms with van der Waals surface area (Å²) in [5.41, 5.74) is 2.02. The Bertz CT molecular complexity index is 897. The van der Waals surface area contributed by atoms with Crippen molar-refractivity contribution in [3.8, 4) is 0 Å². The van der Waals surface area contributed by atoms with Gasteiger partial charge in [0.15, 0.2) is 11.6 Å². The molecule has 0 radical (unpaired) electrons. The van der Waals surface area contributed by atoms with E-state index in [4.69, 9.17) is 0 Å². The smallest absolute Gasteiger partial charge is 0.159 e. The lowest BCUT2D eigenvalue weighted by molar-refractivity contribution is 0.277. The molecule has 0 spiro atoms. The van der Waals surface area contributed by atoms with Crippen LogP contribution in [0.15, 0.2) is 24.3 Å². The lowest BCUT2D eigenvalue weighted by Crippen LogP contribution is -2.13. The van der Waals surface area contributed by atoms with Gasteiger partial charge in [-0.25, -0.2) is 17.6 Å². The molecular formula is C24H24F4. The van der Waals surface area contributed by atoms with Gasteiger partial charge in [-0.2, -0.15) is 0 Å². The number of hydrogen-bond acceptors (Lipinski definition) is 0. The van der Waals surface area contributed by atoms with E-state index >= 15 is 0 Å². The molecule has 4 rings (SSSR count). The van der Waals surface area contributed by atoms with Crippen molar-refractivity contribution in [1.82, 2.24) is 0 Å². The molecule has 148 valence electrons. The van der Waals surface area contributed by atoms with Gasteiger partial charge >= 0.3 is 0 Å². The highest BCUT2D eigenvalue weighted by atomic mass is 19.2. The van der Waals surface area contributed by atoms with E-state index in [9.17, 15) is 17.6 Å². The van der Waals surface area contributed by atoms with Crippen molar-refractivity contribution in [3.63, 3.8) is 0 Å². The van der Waals surface area contributed by atoms with E-state index in [2.05, 4.69) is 6.92 Å². The summed E-state index contributed by atoms with van der Waals surface area (Å²) >= 11 is 0. The Morgan fingerprint density at radius 2 is 1.46 bits per heavy atom. The van der Waals surface area contributed by atoms with Gasteiger partial charge in [-0.15, -0.1) is 0 Å². The molecule has 0 aliphatic heterocycles. The summed E-state index contributed by atoms with van der Waals surface area (Å²) in [5, 5.41) is 0. The SMILES string of the molecule is CC1CCC(CCc2cc(F)c(C3=Cc4cc(F)c(F)cc4C3)c(F)c2)CC1. The monoisotopic (exact) mass is 388 g/mol. The number of rotatable bonds is 4. The first kappa shape index (κ1) is 19.2. The highest BCUT2D eigenvalue weighted by molar-refractivity contribution is 5.89. The second-order valence-electron chi connectivity index (χ2n) is 8.41. The van der Waals surface area contributed by atoms with Gasteiger partial charge in [0.1, 0.15) is 11.6 Å². The van der Waals surface area contributed by atoms with Crippen molar-refractivity contribution in [3.05, 3.63) is 69.8 Å². The van der Waals surface area contributed by atoms with Crippen LogP contribution < -0.4 is 0 Å². The highest BCUT2D eigenvalue weighted by Gasteiger charge is 2.23. The molecule has 0 unspecified atom stereocenters. The van der Waals surface area contributed by atoms with Crippen molar-refractivity contribution in [2.45, 2.75) is 51.9 Å². The first-order valence-corrected chi connectivity index (χ1v) is 10.1. The van der Waals surface area contributed by atoms with Crippen molar-refractivity contribution in [2.75, 3.05) is 0 Å². The van der Waals surface area contributed by atoms with Crippen LogP contribution in [0.25, 0.3) is 11.6 Å². The Labute approximate surface area is 163 Å². The van der Waals surface area contributed by atoms with Gasteiger partial charge in [-0.3, -0.25) is 0 Å². The molecule has 1 fully saturated rings.